The lowest BCUT2D eigenvalue weighted by Gasteiger charge is -2.26. The highest BCUT2D eigenvalue weighted by molar-refractivity contribution is 7.26. The molecule has 0 saturated carbocycles. The molecule has 1 heterocycles. The minimum atomic E-state index is -0.247. The normalized spacial score (nSPS) is 11.2. The van der Waals surface area contributed by atoms with Crippen LogP contribution in [-0.2, 0) is 0 Å². The third-order valence-electron chi connectivity index (χ3n) is 9.54. The van der Waals surface area contributed by atoms with Gasteiger partial charge in [-0.05, 0) is 105 Å². The van der Waals surface area contributed by atoms with Crippen LogP contribution in [0.15, 0.2) is 194 Å². The number of thiophene rings is 1. The molecule has 0 bridgehead atoms. The van der Waals surface area contributed by atoms with Crippen molar-refractivity contribution in [3.05, 3.63) is 200 Å². The van der Waals surface area contributed by atoms with Crippen LogP contribution in [0.3, 0.4) is 0 Å². The highest BCUT2D eigenvalue weighted by Gasteiger charge is 2.16. The molecule has 8 aromatic carbocycles. The summed E-state index contributed by atoms with van der Waals surface area (Å²) in [5, 5.41) is 2.44. The maximum atomic E-state index is 15.4. The number of fused-ring (bicyclic) bond motifs is 3. The highest BCUT2D eigenvalue weighted by atomic mass is 32.1. The lowest BCUT2D eigenvalue weighted by molar-refractivity contribution is 0.629. The predicted molar refractivity (Wildman–Crippen MR) is 216 cm³/mol. The first-order chi connectivity index (χ1) is 25.2. The zero-order chi connectivity index (χ0) is 34.1. The first-order valence-corrected chi connectivity index (χ1v) is 17.9. The van der Waals surface area contributed by atoms with Crippen molar-refractivity contribution in [2.75, 3.05) is 4.90 Å². The summed E-state index contributed by atoms with van der Waals surface area (Å²) in [6.07, 6.45) is 0. The molecule has 0 radical (unpaired) electrons. The first-order valence-electron chi connectivity index (χ1n) is 17.1. The lowest BCUT2D eigenvalue weighted by Crippen LogP contribution is -2.09. The van der Waals surface area contributed by atoms with E-state index < -0.39 is 0 Å². The average molecular weight is 674 g/mol. The monoisotopic (exact) mass is 673 g/mol. The molecule has 0 aliphatic rings. The van der Waals surface area contributed by atoms with Crippen molar-refractivity contribution in [3.8, 4) is 44.5 Å². The van der Waals surface area contributed by atoms with Gasteiger partial charge in [0, 0.05) is 37.2 Å². The molecule has 9 rings (SSSR count). The molecule has 3 heteroatoms. The Labute approximate surface area is 301 Å². The number of rotatable bonds is 7. The number of halogens is 1. The van der Waals surface area contributed by atoms with Crippen molar-refractivity contribution in [1.82, 2.24) is 0 Å². The maximum absolute atomic E-state index is 15.4. The summed E-state index contributed by atoms with van der Waals surface area (Å²) in [4.78, 5) is 2.27. The molecular weight excluding hydrogens is 642 g/mol. The van der Waals surface area contributed by atoms with E-state index in [0.29, 0.717) is 0 Å². The van der Waals surface area contributed by atoms with Gasteiger partial charge in [0.15, 0.2) is 0 Å². The highest BCUT2D eigenvalue weighted by Crippen LogP contribution is 2.42. The maximum Gasteiger partial charge on any atom is 0.124 e. The summed E-state index contributed by atoms with van der Waals surface area (Å²) in [7, 11) is 0. The largest absolute Gasteiger partial charge is 0.311 e. The summed E-state index contributed by atoms with van der Waals surface area (Å²) in [5.41, 5.74) is 11.6. The van der Waals surface area contributed by atoms with E-state index in [1.165, 1.54) is 42.4 Å². The average Bonchev–Trinajstić information content (AvgIpc) is 3.58. The van der Waals surface area contributed by atoms with Crippen molar-refractivity contribution in [3.63, 3.8) is 0 Å². The number of hydrogen-bond donors (Lipinski definition) is 0. The van der Waals surface area contributed by atoms with Crippen LogP contribution < -0.4 is 4.90 Å². The van der Waals surface area contributed by atoms with E-state index in [4.69, 9.17) is 0 Å². The number of benzene rings is 8. The topological polar surface area (TPSA) is 3.24 Å². The van der Waals surface area contributed by atoms with E-state index in [1.54, 1.807) is 23.5 Å². The molecule has 0 aliphatic carbocycles. The summed E-state index contributed by atoms with van der Waals surface area (Å²) in [6, 6.07) is 66.9. The van der Waals surface area contributed by atoms with Gasteiger partial charge in [0.05, 0.1) is 0 Å². The molecule has 0 fully saturated rings. The van der Waals surface area contributed by atoms with Gasteiger partial charge in [-0.3, -0.25) is 0 Å². The van der Waals surface area contributed by atoms with Gasteiger partial charge in [-0.15, -0.1) is 11.3 Å². The molecule has 0 spiro atoms. The molecule has 0 aliphatic heterocycles. The Morgan fingerprint density at radius 2 is 0.804 bits per heavy atom. The summed E-state index contributed by atoms with van der Waals surface area (Å²) in [6.45, 7) is 0. The Kier molecular flexibility index (Phi) is 7.96. The third-order valence-corrected chi connectivity index (χ3v) is 10.8. The molecule has 1 aromatic heterocycles. The first kappa shape index (κ1) is 30.7. The number of hydrogen-bond acceptors (Lipinski definition) is 2. The van der Waals surface area contributed by atoms with E-state index >= 15 is 4.39 Å². The van der Waals surface area contributed by atoms with Crippen molar-refractivity contribution in [2.24, 2.45) is 0 Å². The van der Waals surface area contributed by atoms with Gasteiger partial charge in [0.2, 0.25) is 0 Å². The van der Waals surface area contributed by atoms with Crippen LogP contribution in [0.4, 0.5) is 21.5 Å². The number of nitrogens with zero attached hydrogens (tertiary/aromatic N) is 1. The van der Waals surface area contributed by atoms with Crippen LogP contribution >= 0.6 is 11.3 Å². The summed E-state index contributed by atoms with van der Waals surface area (Å²) < 4.78 is 17.8. The number of anilines is 3. The Morgan fingerprint density at radius 3 is 1.37 bits per heavy atom. The molecule has 0 saturated heterocycles. The van der Waals surface area contributed by atoms with Crippen LogP contribution in [0.2, 0.25) is 0 Å². The standard InChI is InChI=1S/C48H32FNS/c49-40-31-38(30-39(32-40)44-15-9-16-46-45-14-7-8-17-47(45)51-48(44)46)37-22-28-43(29-23-37)50(41-24-18-35(19-25-41)33-10-3-1-4-11-33)42-26-20-36(21-27-42)34-12-5-2-6-13-34/h1-32H. The molecule has 9 aromatic rings. The van der Waals surface area contributed by atoms with Gasteiger partial charge in [-0.2, -0.15) is 0 Å². The van der Waals surface area contributed by atoms with Crippen LogP contribution in [-0.4, -0.2) is 0 Å². The summed E-state index contributed by atoms with van der Waals surface area (Å²) >= 11 is 1.76. The molecule has 0 N–H and O–H groups in total. The second-order valence-electron chi connectivity index (χ2n) is 12.7. The second-order valence-corrected chi connectivity index (χ2v) is 13.8. The van der Waals surface area contributed by atoms with Crippen LogP contribution in [0.1, 0.15) is 0 Å². The smallest absolute Gasteiger partial charge is 0.124 e. The van der Waals surface area contributed by atoms with E-state index in [2.05, 4.69) is 175 Å². The molecule has 0 amide bonds. The van der Waals surface area contributed by atoms with Gasteiger partial charge in [-0.1, -0.05) is 133 Å². The Hall–Kier alpha value is -6.29. The van der Waals surface area contributed by atoms with Gasteiger partial charge in [0.25, 0.3) is 0 Å². The molecule has 242 valence electrons. The lowest BCUT2D eigenvalue weighted by atomic mass is 9.97. The van der Waals surface area contributed by atoms with Crippen molar-refractivity contribution >= 4 is 48.6 Å². The zero-order valence-corrected chi connectivity index (χ0v) is 28.5. The molecule has 0 atom stereocenters. The van der Waals surface area contributed by atoms with E-state index in [-0.39, 0.29) is 5.82 Å². The van der Waals surface area contributed by atoms with Gasteiger partial charge in [0.1, 0.15) is 5.82 Å². The quantitative estimate of drug-likeness (QED) is 0.163. The second kappa shape index (κ2) is 13.2. The van der Waals surface area contributed by atoms with Gasteiger partial charge in [-0.25, -0.2) is 4.39 Å². The molecule has 51 heavy (non-hydrogen) atoms. The minimum absolute atomic E-state index is 0.247. The fourth-order valence-corrected chi connectivity index (χ4v) is 8.24. The zero-order valence-electron chi connectivity index (χ0n) is 27.7. The van der Waals surface area contributed by atoms with Gasteiger partial charge >= 0.3 is 0 Å². The van der Waals surface area contributed by atoms with E-state index in [9.17, 15) is 0 Å². The summed E-state index contributed by atoms with van der Waals surface area (Å²) in [5.74, 6) is -0.247. The minimum Gasteiger partial charge on any atom is -0.311 e. The fraction of sp³-hybridized carbons (Fsp3) is 0. The Bertz CT molecular complexity index is 2530. The Balaban J connectivity index is 1.09. The molecular formula is C48H32FNS. The van der Waals surface area contributed by atoms with Gasteiger partial charge < -0.3 is 4.90 Å². The van der Waals surface area contributed by atoms with Crippen molar-refractivity contribution in [2.45, 2.75) is 0 Å². The molecule has 1 nitrogen and oxygen atoms in total. The fourth-order valence-electron chi connectivity index (χ4n) is 7.00. The predicted octanol–water partition coefficient (Wildman–Crippen LogP) is 14.3. The van der Waals surface area contributed by atoms with E-state index in [0.717, 1.165) is 39.3 Å². The molecule has 0 unspecified atom stereocenters. The van der Waals surface area contributed by atoms with Crippen LogP contribution in [0, 0.1) is 5.82 Å². The van der Waals surface area contributed by atoms with Crippen molar-refractivity contribution < 1.29 is 4.39 Å². The Morgan fingerprint density at radius 1 is 0.353 bits per heavy atom. The van der Waals surface area contributed by atoms with E-state index in [1.807, 2.05) is 12.1 Å². The third kappa shape index (κ3) is 5.99. The van der Waals surface area contributed by atoms with Crippen LogP contribution in [0.25, 0.3) is 64.7 Å². The van der Waals surface area contributed by atoms with Crippen LogP contribution in [0.5, 0.6) is 0 Å². The van der Waals surface area contributed by atoms with Crippen molar-refractivity contribution in [1.29, 1.82) is 0 Å². The SMILES string of the molecule is Fc1cc(-c2ccc(N(c3ccc(-c4ccccc4)cc3)c3ccc(-c4ccccc4)cc3)cc2)cc(-c2cccc3c2sc2ccccc23)c1.